The molecular formula is C25H34N8O. The van der Waals surface area contributed by atoms with Crippen LogP contribution in [0.3, 0.4) is 0 Å². The number of aromatic nitrogens is 6. The lowest BCUT2D eigenvalue weighted by molar-refractivity contribution is -0.0160. The Kier molecular flexibility index (Phi) is 6.47. The van der Waals surface area contributed by atoms with Gasteiger partial charge in [-0.3, -0.25) is 9.47 Å². The molecule has 0 bridgehead atoms. The van der Waals surface area contributed by atoms with Gasteiger partial charge in [0.1, 0.15) is 23.9 Å². The van der Waals surface area contributed by atoms with E-state index in [9.17, 15) is 0 Å². The number of benzene rings is 1. The number of fused-ring (bicyclic) bond motifs is 2. The van der Waals surface area contributed by atoms with Crippen molar-refractivity contribution in [3.05, 3.63) is 42.2 Å². The molecule has 0 saturated carbocycles. The van der Waals surface area contributed by atoms with Crippen LogP contribution >= 0.6 is 0 Å². The lowest BCUT2D eigenvalue weighted by Crippen LogP contribution is -2.38. The summed E-state index contributed by atoms with van der Waals surface area (Å²) in [5, 5.41) is 0. The molecule has 4 aromatic rings. The molecule has 5 rings (SSSR count). The van der Waals surface area contributed by atoms with Gasteiger partial charge in [-0.15, -0.1) is 0 Å². The molecule has 0 amide bonds. The quantitative estimate of drug-likeness (QED) is 0.362. The Balaban J connectivity index is 1.13. The molecule has 1 fully saturated rings. The van der Waals surface area contributed by atoms with Gasteiger partial charge in [0.2, 0.25) is 0 Å². The second kappa shape index (κ2) is 9.68. The number of aryl methyl sites for hydroxylation is 2. The van der Waals surface area contributed by atoms with Crippen molar-refractivity contribution in [2.24, 2.45) is 0 Å². The molecular weight excluding hydrogens is 428 g/mol. The van der Waals surface area contributed by atoms with Gasteiger partial charge < -0.3 is 15.5 Å². The van der Waals surface area contributed by atoms with Gasteiger partial charge in [-0.1, -0.05) is 6.07 Å². The average molecular weight is 463 g/mol. The zero-order valence-electron chi connectivity index (χ0n) is 20.2. The standard InChI is InChI=1S/C25H34N8O/c1-16(2)32(11-5-4-6-21-30-19-9-7-17(3)12-20(19)31-21)13-18-8-10-22(34-18)33-15-29-23-24(26)27-14-28-25(23)33/h7,9,12,14-16,18,22H,4-6,8,10-11,13H2,1-3H3,(H,30,31)(H2,26,27,28). The van der Waals surface area contributed by atoms with Crippen LogP contribution in [0, 0.1) is 6.92 Å². The third-order valence-corrected chi connectivity index (χ3v) is 6.75. The molecule has 2 atom stereocenters. The minimum Gasteiger partial charge on any atom is -0.382 e. The average Bonchev–Trinajstić information content (AvgIpc) is 3.53. The van der Waals surface area contributed by atoms with E-state index in [2.05, 4.69) is 63.8 Å². The number of hydrogen-bond donors (Lipinski definition) is 2. The number of ether oxygens (including phenoxy) is 1. The summed E-state index contributed by atoms with van der Waals surface area (Å²) >= 11 is 0. The first-order valence-corrected chi connectivity index (χ1v) is 12.3. The summed E-state index contributed by atoms with van der Waals surface area (Å²) in [4.78, 5) is 23.5. The van der Waals surface area contributed by atoms with Crippen LogP contribution < -0.4 is 5.73 Å². The van der Waals surface area contributed by atoms with Crippen molar-refractivity contribution in [3.63, 3.8) is 0 Å². The van der Waals surface area contributed by atoms with E-state index in [4.69, 9.17) is 15.5 Å². The summed E-state index contributed by atoms with van der Waals surface area (Å²) in [7, 11) is 0. The fraction of sp³-hybridized carbons (Fsp3) is 0.520. The van der Waals surface area contributed by atoms with E-state index in [-0.39, 0.29) is 12.3 Å². The number of imidazole rings is 2. The van der Waals surface area contributed by atoms with Gasteiger partial charge in [0.15, 0.2) is 11.5 Å². The Morgan fingerprint density at radius 3 is 2.94 bits per heavy atom. The van der Waals surface area contributed by atoms with Crippen LogP contribution in [-0.4, -0.2) is 59.6 Å². The topological polar surface area (TPSA) is 111 Å². The first-order valence-electron chi connectivity index (χ1n) is 12.3. The van der Waals surface area contributed by atoms with Crippen molar-refractivity contribution in [2.75, 3.05) is 18.8 Å². The van der Waals surface area contributed by atoms with Gasteiger partial charge in [0, 0.05) is 19.0 Å². The third kappa shape index (κ3) is 4.76. The highest BCUT2D eigenvalue weighted by molar-refractivity contribution is 5.81. The molecule has 1 aromatic carbocycles. The van der Waals surface area contributed by atoms with Gasteiger partial charge in [0.05, 0.1) is 23.5 Å². The number of rotatable bonds is 9. The Morgan fingerprint density at radius 1 is 1.21 bits per heavy atom. The second-order valence-corrected chi connectivity index (χ2v) is 9.62. The maximum atomic E-state index is 6.42. The van der Waals surface area contributed by atoms with Gasteiger partial charge >= 0.3 is 0 Å². The lowest BCUT2D eigenvalue weighted by Gasteiger charge is -2.29. The largest absolute Gasteiger partial charge is 0.382 e. The maximum absolute atomic E-state index is 6.42. The van der Waals surface area contributed by atoms with Crippen LogP contribution in [0.25, 0.3) is 22.2 Å². The molecule has 1 saturated heterocycles. The highest BCUT2D eigenvalue weighted by Crippen LogP contribution is 2.31. The molecule has 9 nitrogen and oxygen atoms in total. The molecule has 0 spiro atoms. The third-order valence-electron chi connectivity index (χ3n) is 6.75. The minimum absolute atomic E-state index is 0.0602. The first kappa shape index (κ1) is 22.7. The summed E-state index contributed by atoms with van der Waals surface area (Å²) in [5.74, 6) is 1.48. The Hall–Kier alpha value is -3.04. The molecule has 0 aliphatic carbocycles. The van der Waals surface area contributed by atoms with Crippen LogP contribution in [0.4, 0.5) is 5.82 Å². The van der Waals surface area contributed by atoms with Crippen LogP contribution in [0.5, 0.6) is 0 Å². The molecule has 0 radical (unpaired) electrons. The molecule has 3 aromatic heterocycles. The maximum Gasteiger partial charge on any atom is 0.167 e. The Bertz CT molecular complexity index is 1260. The number of hydrogen-bond acceptors (Lipinski definition) is 7. The molecule has 9 heteroatoms. The van der Waals surface area contributed by atoms with Crippen molar-refractivity contribution < 1.29 is 4.74 Å². The number of nitrogens with one attached hydrogen (secondary N) is 1. The van der Waals surface area contributed by atoms with Crippen molar-refractivity contribution in [3.8, 4) is 0 Å². The molecule has 4 heterocycles. The first-order chi connectivity index (χ1) is 16.5. The van der Waals surface area contributed by atoms with Crippen molar-refractivity contribution in [1.29, 1.82) is 0 Å². The van der Waals surface area contributed by atoms with Crippen molar-refractivity contribution >= 4 is 28.0 Å². The SMILES string of the molecule is Cc1ccc2nc(CCCCN(CC3CCC(n4cnc5c(N)ncnc54)O3)C(C)C)[nH]c2c1. The zero-order valence-corrected chi connectivity index (χ0v) is 20.2. The van der Waals surface area contributed by atoms with E-state index in [1.54, 1.807) is 6.33 Å². The molecule has 180 valence electrons. The fourth-order valence-corrected chi connectivity index (χ4v) is 4.83. The van der Waals surface area contributed by atoms with Crippen molar-refractivity contribution in [2.45, 2.75) is 71.2 Å². The summed E-state index contributed by atoms with van der Waals surface area (Å²) in [6.45, 7) is 8.62. The van der Waals surface area contributed by atoms with E-state index in [1.807, 2.05) is 4.57 Å². The highest BCUT2D eigenvalue weighted by atomic mass is 16.5. The number of aromatic amines is 1. The number of nitrogens with two attached hydrogens (primary N) is 1. The molecule has 1 aliphatic rings. The summed E-state index contributed by atoms with van der Waals surface area (Å²) in [5.41, 5.74) is 10.7. The zero-order chi connectivity index (χ0) is 23.7. The molecule has 2 unspecified atom stereocenters. The van der Waals surface area contributed by atoms with Crippen LogP contribution in [0.2, 0.25) is 0 Å². The molecule has 1 aliphatic heterocycles. The van der Waals surface area contributed by atoms with Gasteiger partial charge in [-0.2, -0.15) is 0 Å². The predicted octanol–water partition coefficient (Wildman–Crippen LogP) is 4.00. The normalized spacial score (nSPS) is 18.7. The van der Waals surface area contributed by atoms with Crippen molar-refractivity contribution in [1.82, 2.24) is 34.4 Å². The molecule has 34 heavy (non-hydrogen) atoms. The monoisotopic (exact) mass is 462 g/mol. The second-order valence-electron chi connectivity index (χ2n) is 9.62. The number of nitrogen functional groups attached to an aromatic ring is 1. The number of H-pyrrole nitrogens is 1. The number of anilines is 1. The van der Waals surface area contributed by atoms with Gasteiger partial charge in [0.25, 0.3) is 0 Å². The van der Waals surface area contributed by atoms with E-state index in [0.717, 1.165) is 67.7 Å². The van der Waals surface area contributed by atoms with Crippen LogP contribution in [-0.2, 0) is 11.2 Å². The smallest absolute Gasteiger partial charge is 0.167 e. The summed E-state index contributed by atoms with van der Waals surface area (Å²) < 4.78 is 8.41. The Labute approximate surface area is 199 Å². The van der Waals surface area contributed by atoms with E-state index in [0.29, 0.717) is 17.4 Å². The van der Waals surface area contributed by atoms with Crippen LogP contribution in [0.1, 0.15) is 57.1 Å². The fourth-order valence-electron chi connectivity index (χ4n) is 4.83. The molecule has 3 N–H and O–H groups in total. The number of unbranched alkanes of at least 4 members (excludes halogenated alkanes) is 1. The van der Waals surface area contributed by atoms with Crippen LogP contribution in [0.15, 0.2) is 30.9 Å². The summed E-state index contributed by atoms with van der Waals surface area (Å²) in [6, 6.07) is 6.84. The van der Waals surface area contributed by atoms with Gasteiger partial charge in [-0.25, -0.2) is 19.9 Å². The summed E-state index contributed by atoms with van der Waals surface area (Å²) in [6.07, 6.45) is 8.56. The number of nitrogens with zero attached hydrogens (tertiary/aromatic N) is 6. The van der Waals surface area contributed by atoms with E-state index < -0.39 is 0 Å². The highest BCUT2D eigenvalue weighted by Gasteiger charge is 2.30. The predicted molar refractivity (Wildman–Crippen MR) is 133 cm³/mol. The van der Waals surface area contributed by atoms with E-state index >= 15 is 0 Å². The van der Waals surface area contributed by atoms with E-state index in [1.165, 1.54) is 11.9 Å². The Morgan fingerprint density at radius 2 is 2.09 bits per heavy atom. The van der Waals surface area contributed by atoms with Gasteiger partial charge in [-0.05, 0) is 70.7 Å². The minimum atomic E-state index is -0.0602. The lowest BCUT2D eigenvalue weighted by atomic mass is 10.1.